The van der Waals surface area contributed by atoms with Crippen LogP contribution < -0.4 is 10.2 Å². The smallest absolute Gasteiger partial charge is 0.255 e. The van der Waals surface area contributed by atoms with Crippen LogP contribution in [0.4, 0.5) is 11.5 Å². The minimum absolute atomic E-state index is 0.0965. The third kappa shape index (κ3) is 4.20. The van der Waals surface area contributed by atoms with Crippen molar-refractivity contribution in [2.75, 3.05) is 36.4 Å². The maximum Gasteiger partial charge on any atom is 0.255 e. The van der Waals surface area contributed by atoms with Crippen LogP contribution in [0.25, 0.3) is 0 Å². The van der Waals surface area contributed by atoms with Crippen molar-refractivity contribution in [3.8, 4) is 0 Å². The summed E-state index contributed by atoms with van der Waals surface area (Å²) < 4.78 is 0. The maximum atomic E-state index is 12.6. The number of anilines is 2. The number of carbonyl (C=O) groups excluding carboxylic acids is 2. The van der Waals surface area contributed by atoms with E-state index in [1.54, 1.807) is 25.3 Å². The Morgan fingerprint density at radius 2 is 1.65 bits per heavy atom. The van der Waals surface area contributed by atoms with Crippen molar-refractivity contribution in [3.05, 3.63) is 53.2 Å². The van der Waals surface area contributed by atoms with E-state index in [0.29, 0.717) is 31.7 Å². The molecule has 6 nitrogen and oxygen atoms in total. The molecule has 0 bridgehead atoms. The van der Waals surface area contributed by atoms with Crippen molar-refractivity contribution >= 4 is 23.3 Å². The van der Waals surface area contributed by atoms with Crippen molar-refractivity contribution in [1.29, 1.82) is 0 Å². The number of pyridine rings is 1. The minimum atomic E-state index is -0.152. The number of hydrogen-bond donors (Lipinski definition) is 1. The molecule has 6 heteroatoms. The van der Waals surface area contributed by atoms with Crippen molar-refractivity contribution in [2.45, 2.75) is 20.8 Å². The lowest BCUT2D eigenvalue weighted by Crippen LogP contribution is -2.48. The predicted molar refractivity (Wildman–Crippen MR) is 103 cm³/mol. The van der Waals surface area contributed by atoms with Gasteiger partial charge in [-0.05, 0) is 49.2 Å². The van der Waals surface area contributed by atoms with Crippen molar-refractivity contribution in [3.63, 3.8) is 0 Å². The molecule has 0 atom stereocenters. The number of nitrogens with one attached hydrogen (secondary N) is 1. The monoisotopic (exact) mass is 352 g/mol. The molecule has 1 saturated heterocycles. The molecule has 0 saturated carbocycles. The molecule has 0 spiro atoms. The highest BCUT2D eigenvalue weighted by molar-refractivity contribution is 6.04. The Bertz CT molecular complexity index is 806. The summed E-state index contributed by atoms with van der Waals surface area (Å²) in [5.74, 6) is 0.710. The summed E-state index contributed by atoms with van der Waals surface area (Å²) in [4.78, 5) is 32.4. The molecule has 0 aliphatic carbocycles. The molecule has 1 aliphatic heterocycles. The van der Waals surface area contributed by atoms with Crippen molar-refractivity contribution < 1.29 is 9.59 Å². The zero-order valence-electron chi connectivity index (χ0n) is 15.5. The maximum absolute atomic E-state index is 12.6. The van der Waals surface area contributed by atoms with Gasteiger partial charge in [0, 0.05) is 50.6 Å². The van der Waals surface area contributed by atoms with E-state index in [1.165, 1.54) is 0 Å². The second-order valence-electron chi connectivity index (χ2n) is 6.73. The highest BCUT2D eigenvalue weighted by atomic mass is 16.2. The van der Waals surface area contributed by atoms with Crippen LogP contribution in [0.15, 0.2) is 36.5 Å². The standard InChI is InChI=1S/C20H24N4O2/c1-14-10-15(2)12-18(11-14)22-20(26)17-4-5-21-19(13-17)24-8-6-23(7-9-24)16(3)25/h4-5,10-13H,6-9H2,1-3H3,(H,22,26). The number of hydrogen-bond acceptors (Lipinski definition) is 4. The third-order valence-corrected chi connectivity index (χ3v) is 4.54. The van der Waals surface area contributed by atoms with Crippen LogP contribution in [0.1, 0.15) is 28.4 Å². The van der Waals surface area contributed by atoms with E-state index >= 15 is 0 Å². The van der Waals surface area contributed by atoms with E-state index < -0.39 is 0 Å². The molecule has 26 heavy (non-hydrogen) atoms. The van der Waals surface area contributed by atoms with Gasteiger partial charge in [0.25, 0.3) is 5.91 Å². The van der Waals surface area contributed by atoms with E-state index in [1.807, 2.05) is 30.9 Å². The van der Waals surface area contributed by atoms with Crippen LogP contribution in [-0.4, -0.2) is 47.9 Å². The number of carbonyl (C=O) groups is 2. The number of amides is 2. The molecular formula is C20H24N4O2. The molecule has 1 aliphatic rings. The van der Waals surface area contributed by atoms with Gasteiger partial charge in [-0.3, -0.25) is 9.59 Å². The molecule has 3 rings (SSSR count). The Kier molecular flexibility index (Phi) is 5.21. The summed E-state index contributed by atoms with van der Waals surface area (Å²) >= 11 is 0. The summed E-state index contributed by atoms with van der Waals surface area (Å²) in [6.45, 7) is 8.39. The molecule has 2 aromatic rings. The summed E-state index contributed by atoms with van der Waals surface area (Å²) in [7, 11) is 0. The van der Waals surface area contributed by atoms with Gasteiger partial charge in [-0.1, -0.05) is 6.07 Å². The summed E-state index contributed by atoms with van der Waals surface area (Å²) in [5, 5.41) is 2.95. The van der Waals surface area contributed by atoms with Gasteiger partial charge in [0.15, 0.2) is 0 Å². The topological polar surface area (TPSA) is 65.5 Å². The average Bonchev–Trinajstić information content (AvgIpc) is 2.61. The number of aromatic nitrogens is 1. The van der Waals surface area contributed by atoms with Crippen LogP contribution >= 0.6 is 0 Å². The molecule has 1 aromatic carbocycles. The zero-order chi connectivity index (χ0) is 18.7. The van der Waals surface area contributed by atoms with Gasteiger partial charge in [0.05, 0.1) is 0 Å². The highest BCUT2D eigenvalue weighted by Crippen LogP contribution is 2.18. The van der Waals surface area contributed by atoms with E-state index in [4.69, 9.17) is 0 Å². The first-order chi connectivity index (χ1) is 12.4. The summed E-state index contributed by atoms with van der Waals surface area (Å²) in [6, 6.07) is 9.50. The normalized spacial score (nSPS) is 14.3. The summed E-state index contributed by atoms with van der Waals surface area (Å²) in [5.41, 5.74) is 3.59. The molecular weight excluding hydrogens is 328 g/mol. The lowest BCUT2D eigenvalue weighted by molar-refractivity contribution is -0.129. The minimum Gasteiger partial charge on any atom is -0.353 e. The molecule has 1 fully saturated rings. The number of benzene rings is 1. The SMILES string of the molecule is CC(=O)N1CCN(c2cc(C(=O)Nc3cc(C)cc(C)c3)ccn2)CC1. The highest BCUT2D eigenvalue weighted by Gasteiger charge is 2.20. The number of piperazine rings is 1. The zero-order valence-corrected chi connectivity index (χ0v) is 15.5. The number of aryl methyl sites for hydroxylation is 2. The van der Waals surface area contributed by atoms with E-state index in [-0.39, 0.29) is 11.8 Å². The number of nitrogens with zero attached hydrogens (tertiary/aromatic N) is 3. The quantitative estimate of drug-likeness (QED) is 0.922. The van der Waals surface area contributed by atoms with Gasteiger partial charge in [-0.25, -0.2) is 4.98 Å². The Morgan fingerprint density at radius 1 is 1.00 bits per heavy atom. The van der Waals surface area contributed by atoms with Crippen LogP contribution in [0, 0.1) is 13.8 Å². The average molecular weight is 352 g/mol. The van der Waals surface area contributed by atoms with Gasteiger partial charge in [0.2, 0.25) is 5.91 Å². The van der Waals surface area contributed by atoms with E-state index in [0.717, 1.165) is 22.6 Å². The van der Waals surface area contributed by atoms with E-state index in [9.17, 15) is 9.59 Å². The van der Waals surface area contributed by atoms with Crippen LogP contribution in [-0.2, 0) is 4.79 Å². The lowest BCUT2D eigenvalue weighted by Gasteiger charge is -2.35. The first-order valence-corrected chi connectivity index (χ1v) is 8.78. The Hall–Kier alpha value is -2.89. The van der Waals surface area contributed by atoms with Gasteiger partial charge >= 0.3 is 0 Å². The first kappa shape index (κ1) is 17.9. The Labute approximate surface area is 153 Å². The van der Waals surface area contributed by atoms with Crippen molar-refractivity contribution in [1.82, 2.24) is 9.88 Å². The summed E-state index contributed by atoms with van der Waals surface area (Å²) in [6.07, 6.45) is 1.66. The Morgan fingerprint density at radius 3 is 2.27 bits per heavy atom. The first-order valence-electron chi connectivity index (χ1n) is 8.78. The molecule has 1 N–H and O–H groups in total. The lowest BCUT2D eigenvalue weighted by atomic mass is 10.1. The van der Waals surface area contributed by atoms with E-state index in [2.05, 4.69) is 21.3 Å². The molecule has 2 heterocycles. The third-order valence-electron chi connectivity index (χ3n) is 4.54. The fourth-order valence-corrected chi connectivity index (χ4v) is 3.23. The van der Waals surface area contributed by atoms with Gasteiger partial charge in [-0.2, -0.15) is 0 Å². The molecule has 0 radical (unpaired) electrons. The number of rotatable bonds is 3. The van der Waals surface area contributed by atoms with Crippen LogP contribution in [0.2, 0.25) is 0 Å². The molecule has 1 aromatic heterocycles. The van der Waals surface area contributed by atoms with Gasteiger partial charge in [-0.15, -0.1) is 0 Å². The second kappa shape index (κ2) is 7.56. The van der Waals surface area contributed by atoms with Gasteiger partial charge < -0.3 is 15.1 Å². The van der Waals surface area contributed by atoms with Crippen LogP contribution in [0.5, 0.6) is 0 Å². The van der Waals surface area contributed by atoms with Crippen molar-refractivity contribution in [2.24, 2.45) is 0 Å². The van der Waals surface area contributed by atoms with Crippen LogP contribution in [0.3, 0.4) is 0 Å². The molecule has 136 valence electrons. The Balaban J connectivity index is 1.71. The largest absolute Gasteiger partial charge is 0.353 e. The molecule has 2 amide bonds. The fourth-order valence-electron chi connectivity index (χ4n) is 3.23. The van der Waals surface area contributed by atoms with Gasteiger partial charge in [0.1, 0.15) is 5.82 Å². The second-order valence-corrected chi connectivity index (χ2v) is 6.73. The molecule has 0 unspecified atom stereocenters. The fraction of sp³-hybridized carbons (Fsp3) is 0.350. The predicted octanol–water partition coefficient (Wildman–Crippen LogP) is 2.62.